The zero-order valence-electron chi connectivity index (χ0n) is 7.87. The minimum atomic E-state index is 0.109. The van der Waals surface area contributed by atoms with Crippen molar-refractivity contribution in [1.29, 1.82) is 0 Å². The lowest BCUT2D eigenvalue weighted by molar-refractivity contribution is -0.129. The zero-order valence-corrected chi connectivity index (χ0v) is 8.63. The number of carbonyl (C=O) groups excluding carboxylic acids is 1. The van der Waals surface area contributed by atoms with Gasteiger partial charge in [-0.05, 0) is 5.92 Å². The Kier molecular flexibility index (Phi) is 4.00. The highest BCUT2D eigenvalue weighted by Crippen LogP contribution is 2.22. The molecule has 2 atom stereocenters. The molecule has 0 radical (unpaired) electrons. The summed E-state index contributed by atoms with van der Waals surface area (Å²) in [5, 5.41) is 9.00. The van der Waals surface area contributed by atoms with Gasteiger partial charge in [-0.15, -0.1) is 11.6 Å². The Morgan fingerprint density at radius 1 is 1.62 bits per heavy atom. The molecule has 0 aromatic heterocycles. The van der Waals surface area contributed by atoms with E-state index in [4.69, 9.17) is 16.7 Å². The van der Waals surface area contributed by atoms with E-state index in [9.17, 15) is 4.79 Å². The van der Waals surface area contributed by atoms with Gasteiger partial charge >= 0.3 is 0 Å². The molecule has 0 unspecified atom stereocenters. The van der Waals surface area contributed by atoms with Gasteiger partial charge in [-0.3, -0.25) is 4.79 Å². The Morgan fingerprint density at radius 2 is 2.31 bits per heavy atom. The molecule has 1 aliphatic heterocycles. The second-order valence-electron chi connectivity index (χ2n) is 3.66. The number of likely N-dealkylation sites (tertiary alicyclic amines) is 1. The van der Waals surface area contributed by atoms with Crippen LogP contribution in [0.15, 0.2) is 0 Å². The Balaban J connectivity index is 2.43. The van der Waals surface area contributed by atoms with Crippen molar-refractivity contribution in [3.05, 3.63) is 0 Å². The number of hydrogen-bond acceptors (Lipinski definition) is 2. The summed E-state index contributed by atoms with van der Waals surface area (Å²) >= 11 is 5.48. The highest BCUT2D eigenvalue weighted by atomic mass is 35.5. The molecule has 1 aliphatic rings. The number of alkyl halides is 1. The first-order chi connectivity index (χ1) is 6.19. The number of amides is 1. The first-order valence-corrected chi connectivity index (χ1v) is 5.17. The number of halogens is 1. The molecule has 0 aromatic carbocycles. The van der Waals surface area contributed by atoms with Crippen LogP contribution in [0.25, 0.3) is 0 Å². The maximum absolute atomic E-state index is 11.4. The van der Waals surface area contributed by atoms with Crippen LogP contribution in [0, 0.1) is 11.8 Å². The monoisotopic (exact) mass is 205 g/mol. The minimum absolute atomic E-state index is 0.109. The summed E-state index contributed by atoms with van der Waals surface area (Å²) in [5.41, 5.74) is 0. The third-order valence-corrected chi connectivity index (χ3v) is 2.85. The van der Waals surface area contributed by atoms with Gasteiger partial charge in [0.2, 0.25) is 5.91 Å². The molecule has 1 rings (SSSR count). The van der Waals surface area contributed by atoms with Crippen LogP contribution in [0.1, 0.15) is 13.3 Å². The van der Waals surface area contributed by atoms with Gasteiger partial charge in [0.25, 0.3) is 0 Å². The summed E-state index contributed by atoms with van der Waals surface area (Å²) in [4.78, 5) is 13.2. The van der Waals surface area contributed by atoms with Crippen molar-refractivity contribution in [3.63, 3.8) is 0 Å². The SMILES string of the molecule is C[C@H]1CN(C(=O)CCCl)C[C@@H]1CO. The van der Waals surface area contributed by atoms with Gasteiger partial charge in [0, 0.05) is 37.9 Å². The molecule has 1 saturated heterocycles. The molecule has 4 heteroatoms. The van der Waals surface area contributed by atoms with Gasteiger partial charge in [-0.2, -0.15) is 0 Å². The predicted molar refractivity (Wildman–Crippen MR) is 51.7 cm³/mol. The molecular weight excluding hydrogens is 190 g/mol. The number of carbonyl (C=O) groups is 1. The van der Waals surface area contributed by atoms with Crippen molar-refractivity contribution in [2.45, 2.75) is 13.3 Å². The normalized spacial score (nSPS) is 28.1. The average molecular weight is 206 g/mol. The van der Waals surface area contributed by atoms with Crippen molar-refractivity contribution in [3.8, 4) is 0 Å². The van der Waals surface area contributed by atoms with Crippen LogP contribution < -0.4 is 0 Å². The highest BCUT2D eigenvalue weighted by molar-refractivity contribution is 6.18. The van der Waals surface area contributed by atoms with E-state index in [0.717, 1.165) is 6.54 Å². The van der Waals surface area contributed by atoms with Gasteiger partial charge in [-0.1, -0.05) is 6.92 Å². The first-order valence-electron chi connectivity index (χ1n) is 4.63. The fraction of sp³-hybridized carbons (Fsp3) is 0.889. The number of nitrogens with zero attached hydrogens (tertiary/aromatic N) is 1. The van der Waals surface area contributed by atoms with Crippen LogP contribution in [0.5, 0.6) is 0 Å². The van der Waals surface area contributed by atoms with Crippen molar-refractivity contribution < 1.29 is 9.90 Å². The standard InChI is InChI=1S/C9H16ClNO2/c1-7-4-11(5-8(7)6-12)9(13)2-3-10/h7-8,12H,2-6H2,1H3/t7-,8+/m0/s1. The second-order valence-corrected chi connectivity index (χ2v) is 4.04. The quantitative estimate of drug-likeness (QED) is 0.690. The van der Waals surface area contributed by atoms with E-state index >= 15 is 0 Å². The molecule has 1 heterocycles. The Bertz CT molecular complexity index is 186. The van der Waals surface area contributed by atoms with Crippen molar-refractivity contribution in [2.75, 3.05) is 25.6 Å². The Morgan fingerprint density at radius 3 is 2.77 bits per heavy atom. The van der Waals surface area contributed by atoms with Crippen LogP contribution in [0.4, 0.5) is 0 Å². The van der Waals surface area contributed by atoms with E-state index in [1.807, 2.05) is 0 Å². The number of hydrogen-bond donors (Lipinski definition) is 1. The minimum Gasteiger partial charge on any atom is -0.396 e. The van der Waals surface area contributed by atoms with Crippen molar-refractivity contribution in [1.82, 2.24) is 4.90 Å². The zero-order chi connectivity index (χ0) is 9.84. The number of aliphatic hydroxyl groups is 1. The molecular formula is C9H16ClNO2. The molecule has 76 valence electrons. The van der Waals surface area contributed by atoms with Gasteiger partial charge < -0.3 is 10.0 Å². The molecule has 1 N–H and O–H groups in total. The van der Waals surface area contributed by atoms with Crippen LogP contribution >= 0.6 is 11.6 Å². The van der Waals surface area contributed by atoms with Crippen LogP contribution in [0.2, 0.25) is 0 Å². The second kappa shape index (κ2) is 4.82. The summed E-state index contributed by atoms with van der Waals surface area (Å²) in [6, 6.07) is 0. The Hall–Kier alpha value is -0.280. The van der Waals surface area contributed by atoms with E-state index in [1.54, 1.807) is 4.90 Å². The third-order valence-electron chi connectivity index (χ3n) is 2.66. The van der Waals surface area contributed by atoms with E-state index < -0.39 is 0 Å². The molecule has 0 bridgehead atoms. The topological polar surface area (TPSA) is 40.5 Å². The molecule has 0 saturated carbocycles. The van der Waals surface area contributed by atoms with Gasteiger partial charge in [0.1, 0.15) is 0 Å². The van der Waals surface area contributed by atoms with Crippen molar-refractivity contribution in [2.24, 2.45) is 11.8 Å². The van der Waals surface area contributed by atoms with E-state index in [1.165, 1.54) is 0 Å². The van der Waals surface area contributed by atoms with E-state index in [0.29, 0.717) is 24.8 Å². The highest BCUT2D eigenvalue weighted by Gasteiger charge is 2.31. The molecule has 1 fully saturated rings. The molecule has 1 amide bonds. The Labute approximate surface area is 83.7 Å². The number of rotatable bonds is 3. The molecule has 0 aliphatic carbocycles. The lowest BCUT2D eigenvalue weighted by Gasteiger charge is -2.14. The fourth-order valence-electron chi connectivity index (χ4n) is 1.71. The average Bonchev–Trinajstić information content (AvgIpc) is 2.47. The first kappa shape index (κ1) is 10.8. The molecule has 0 aromatic rings. The van der Waals surface area contributed by atoms with E-state index in [-0.39, 0.29) is 18.4 Å². The number of aliphatic hydroxyl groups excluding tert-OH is 1. The lowest BCUT2D eigenvalue weighted by atomic mass is 10.00. The van der Waals surface area contributed by atoms with Crippen molar-refractivity contribution >= 4 is 17.5 Å². The summed E-state index contributed by atoms with van der Waals surface area (Å²) in [6.45, 7) is 3.69. The van der Waals surface area contributed by atoms with Gasteiger partial charge in [0.05, 0.1) is 0 Å². The maximum atomic E-state index is 11.4. The molecule has 3 nitrogen and oxygen atoms in total. The predicted octanol–water partition coefficient (Wildman–Crippen LogP) is 0.702. The third kappa shape index (κ3) is 2.58. The summed E-state index contributed by atoms with van der Waals surface area (Å²) < 4.78 is 0. The lowest BCUT2D eigenvalue weighted by Crippen LogP contribution is -2.29. The van der Waals surface area contributed by atoms with Gasteiger partial charge in [-0.25, -0.2) is 0 Å². The molecule has 13 heavy (non-hydrogen) atoms. The van der Waals surface area contributed by atoms with Crippen LogP contribution in [0.3, 0.4) is 0 Å². The summed E-state index contributed by atoms with van der Waals surface area (Å²) in [7, 11) is 0. The fourth-order valence-corrected chi connectivity index (χ4v) is 1.88. The summed E-state index contributed by atoms with van der Waals surface area (Å²) in [6.07, 6.45) is 0.409. The maximum Gasteiger partial charge on any atom is 0.223 e. The molecule has 0 spiro atoms. The van der Waals surface area contributed by atoms with E-state index in [2.05, 4.69) is 6.92 Å². The van der Waals surface area contributed by atoms with Crippen LogP contribution in [-0.2, 0) is 4.79 Å². The smallest absolute Gasteiger partial charge is 0.223 e. The summed E-state index contributed by atoms with van der Waals surface area (Å²) in [5.74, 6) is 1.15. The largest absolute Gasteiger partial charge is 0.396 e. The van der Waals surface area contributed by atoms with Crippen LogP contribution in [-0.4, -0.2) is 41.5 Å². The van der Waals surface area contributed by atoms with Gasteiger partial charge in [0.15, 0.2) is 0 Å².